The molecule has 4 nitrogen and oxygen atoms in total. The Morgan fingerprint density at radius 3 is 2.14 bits per heavy atom. The molecule has 0 aliphatic rings. The summed E-state index contributed by atoms with van der Waals surface area (Å²) in [6.07, 6.45) is 2.37. The maximum Gasteiger partial charge on any atom is 0.151 e. The van der Waals surface area contributed by atoms with Gasteiger partial charge in [-0.2, -0.15) is 0 Å². The summed E-state index contributed by atoms with van der Waals surface area (Å²) in [7, 11) is -3.10. The van der Waals surface area contributed by atoms with Crippen LogP contribution in [0.15, 0.2) is 24.3 Å². The smallest absolute Gasteiger partial charge is 0.151 e. The first-order valence-corrected chi connectivity index (χ1v) is 9.40. The first-order valence-electron chi connectivity index (χ1n) is 7.44. The molecule has 21 heavy (non-hydrogen) atoms. The third-order valence-corrected chi connectivity index (χ3v) is 4.99. The van der Waals surface area contributed by atoms with E-state index in [1.807, 2.05) is 38.1 Å². The summed E-state index contributed by atoms with van der Waals surface area (Å²) >= 11 is 0. The molecule has 0 aliphatic heterocycles. The van der Waals surface area contributed by atoms with Gasteiger partial charge in [0.05, 0.1) is 11.4 Å². The van der Waals surface area contributed by atoms with Crippen molar-refractivity contribution < 1.29 is 13.2 Å². The van der Waals surface area contributed by atoms with Crippen molar-refractivity contribution in [3.63, 3.8) is 0 Å². The van der Waals surface area contributed by atoms with Crippen molar-refractivity contribution in [2.24, 2.45) is 0 Å². The third kappa shape index (κ3) is 5.67. The average Bonchev–Trinajstić information content (AvgIpc) is 2.39. The molecule has 0 saturated carbocycles. The topological polar surface area (TPSA) is 55.4 Å². The van der Waals surface area contributed by atoms with Crippen molar-refractivity contribution in [1.29, 1.82) is 0 Å². The third-order valence-electron chi connectivity index (χ3n) is 3.37. The molecule has 0 saturated heterocycles. The van der Waals surface area contributed by atoms with Crippen LogP contribution in [0.3, 0.4) is 0 Å². The SMILES string of the molecule is CCCNC(c1ccc(OC(C)C)cc1)C(C)S(C)(=O)=O. The van der Waals surface area contributed by atoms with E-state index in [4.69, 9.17) is 4.74 Å². The van der Waals surface area contributed by atoms with E-state index in [1.54, 1.807) is 6.92 Å². The zero-order chi connectivity index (χ0) is 16.0. The molecule has 0 amide bonds. The molecule has 0 fully saturated rings. The van der Waals surface area contributed by atoms with Crippen molar-refractivity contribution in [3.8, 4) is 5.75 Å². The van der Waals surface area contributed by atoms with E-state index in [-0.39, 0.29) is 12.1 Å². The minimum Gasteiger partial charge on any atom is -0.491 e. The normalized spacial score (nSPS) is 15.0. The van der Waals surface area contributed by atoms with E-state index in [1.165, 1.54) is 6.26 Å². The van der Waals surface area contributed by atoms with Gasteiger partial charge in [0.2, 0.25) is 0 Å². The second-order valence-electron chi connectivity index (χ2n) is 5.70. The van der Waals surface area contributed by atoms with Gasteiger partial charge in [0.1, 0.15) is 5.75 Å². The highest BCUT2D eigenvalue weighted by atomic mass is 32.2. The molecule has 0 heterocycles. The van der Waals surface area contributed by atoms with Crippen LogP contribution in [-0.2, 0) is 9.84 Å². The monoisotopic (exact) mass is 313 g/mol. The van der Waals surface area contributed by atoms with Crippen molar-refractivity contribution in [1.82, 2.24) is 5.32 Å². The Labute approximate surface area is 128 Å². The van der Waals surface area contributed by atoms with Crippen LogP contribution in [0, 0.1) is 0 Å². The fourth-order valence-electron chi connectivity index (χ4n) is 2.13. The standard InChI is InChI=1S/C16H27NO3S/c1-6-11-17-16(13(4)21(5,18)19)14-7-9-15(10-8-14)20-12(2)3/h7-10,12-13,16-17H,6,11H2,1-5H3. The number of hydrogen-bond acceptors (Lipinski definition) is 4. The van der Waals surface area contributed by atoms with E-state index < -0.39 is 15.1 Å². The van der Waals surface area contributed by atoms with Crippen LogP contribution >= 0.6 is 0 Å². The maximum absolute atomic E-state index is 11.9. The maximum atomic E-state index is 11.9. The highest BCUT2D eigenvalue weighted by molar-refractivity contribution is 7.91. The number of ether oxygens (including phenoxy) is 1. The van der Waals surface area contributed by atoms with E-state index in [0.29, 0.717) is 0 Å². The van der Waals surface area contributed by atoms with Crippen LogP contribution < -0.4 is 10.1 Å². The van der Waals surface area contributed by atoms with Gasteiger partial charge < -0.3 is 10.1 Å². The molecule has 1 N–H and O–H groups in total. The second-order valence-corrected chi connectivity index (χ2v) is 8.10. The Balaban J connectivity index is 2.97. The lowest BCUT2D eigenvalue weighted by atomic mass is 10.0. The van der Waals surface area contributed by atoms with Gasteiger partial charge >= 0.3 is 0 Å². The van der Waals surface area contributed by atoms with E-state index in [2.05, 4.69) is 12.2 Å². The van der Waals surface area contributed by atoms with Crippen molar-refractivity contribution in [3.05, 3.63) is 29.8 Å². The molecular formula is C16H27NO3S. The van der Waals surface area contributed by atoms with Gasteiger partial charge in [-0.25, -0.2) is 8.42 Å². The van der Waals surface area contributed by atoms with E-state index in [0.717, 1.165) is 24.3 Å². The quantitative estimate of drug-likeness (QED) is 0.801. The Morgan fingerprint density at radius 1 is 1.14 bits per heavy atom. The van der Waals surface area contributed by atoms with Crippen LogP contribution in [-0.4, -0.2) is 32.6 Å². The fraction of sp³-hybridized carbons (Fsp3) is 0.625. The minimum absolute atomic E-state index is 0.125. The highest BCUT2D eigenvalue weighted by Gasteiger charge is 2.26. The first-order chi connectivity index (χ1) is 9.75. The molecule has 0 aromatic heterocycles. The van der Waals surface area contributed by atoms with Crippen LogP contribution in [0.5, 0.6) is 5.75 Å². The number of nitrogens with one attached hydrogen (secondary N) is 1. The summed E-state index contributed by atoms with van der Waals surface area (Å²) in [6, 6.07) is 7.46. The lowest BCUT2D eigenvalue weighted by Gasteiger charge is -2.24. The predicted octanol–water partition coefficient (Wildman–Crippen LogP) is 2.95. The summed E-state index contributed by atoms with van der Waals surface area (Å²) in [6.45, 7) is 8.56. The fourth-order valence-corrected chi connectivity index (χ4v) is 2.88. The minimum atomic E-state index is -3.10. The van der Waals surface area contributed by atoms with Gasteiger partial charge in [0.25, 0.3) is 0 Å². The zero-order valence-corrected chi connectivity index (χ0v) is 14.4. The van der Waals surface area contributed by atoms with Gasteiger partial charge in [-0.15, -0.1) is 0 Å². The number of rotatable bonds is 8. The molecule has 5 heteroatoms. The Kier molecular flexibility index (Phi) is 6.68. The summed E-state index contributed by atoms with van der Waals surface area (Å²) in [5.41, 5.74) is 0.970. The van der Waals surface area contributed by atoms with Crippen molar-refractivity contribution in [2.45, 2.75) is 51.5 Å². The lowest BCUT2D eigenvalue weighted by molar-refractivity contribution is 0.242. The molecule has 0 aliphatic carbocycles. The average molecular weight is 313 g/mol. The van der Waals surface area contributed by atoms with Gasteiger partial charge in [0, 0.05) is 12.3 Å². The Morgan fingerprint density at radius 2 is 1.71 bits per heavy atom. The van der Waals surface area contributed by atoms with Crippen LogP contribution in [0.25, 0.3) is 0 Å². The molecule has 0 bridgehead atoms. The van der Waals surface area contributed by atoms with E-state index >= 15 is 0 Å². The molecule has 0 spiro atoms. The summed E-state index contributed by atoms with van der Waals surface area (Å²) in [5, 5.41) is 2.86. The zero-order valence-electron chi connectivity index (χ0n) is 13.6. The Hall–Kier alpha value is -1.07. The van der Waals surface area contributed by atoms with Crippen molar-refractivity contribution in [2.75, 3.05) is 12.8 Å². The van der Waals surface area contributed by atoms with Gasteiger partial charge in [-0.3, -0.25) is 0 Å². The van der Waals surface area contributed by atoms with Gasteiger partial charge in [-0.1, -0.05) is 19.1 Å². The summed E-state index contributed by atoms with van der Waals surface area (Å²) in [5.74, 6) is 0.801. The molecule has 2 unspecified atom stereocenters. The molecule has 120 valence electrons. The summed E-state index contributed by atoms with van der Waals surface area (Å²) in [4.78, 5) is 0. The highest BCUT2D eigenvalue weighted by Crippen LogP contribution is 2.24. The van der Waals surface area contributed by atoms with E-state index in [9.17, 15) is 8.42 Å². The number of sulfone groups is 1. The van der Waals surface area contributed by atoms with Gasteiger partial charge in [0.15, 0.2) is 9.84 Å². The van der Waals surface area contributed by atoms with Crippen LogP contribution in [0.4, 0.5) is 0 Å². The summed E-state index contributed by atoms with van der Waals surface area (Å²) < 4.78 is 29.3. The predicted molar refractivity (Wildman–Crippen MR) is 87.5 cm³/mol. The van der Waals surface area contributed by atoms with Crippen LogP contribution in [0.2, 0.25) is 0 Å². The molecule has 1 aromatic carbocycles. The molecule has 0 radical (unpaired) electrons. The van der Waals surface area contributed by atoms with Crippen LogP contribution in [0.1, 0.15) is 45.7 Å². The second kappa shape index (κ2) is 7.80. The number of hydrogen-bond donors (Lipinski definition) is 1. The Bertz CT molecular complexity index is 523. The van der Waals surface area contributed by atoms with Crippen molar-refractivity contribution >= 4 is 9.84 Å². The lowest BCUT2D eigenvalue weighted by Crippen LogP contribution is -2.35. The molecule has 1 aromatic rings. The molecular weight excluding hydrogens is 286 g/mol. The van der Waals surface area contributed by atoms with Gasteiger partial charge in [-0.05, 0) is 51.4 Å². The number of benzene rings is 1. The first kappa shape index (κ1) is 18.0. The molecule has 1 rings (SSSR count). The largest absolute Gasteiger partial charge is 0.491 e. The molecule has 2 atom stereocenters.